The van der Waals surface area contributed by atoms with Gasteiger partial charge in [0, 0.05) is 37.8 Å². The standard InChI is InChI=1S/C12H15F2N3O/c13-9-2-1-8(10(14)5-9)7-17-4-3-16-6-11(17)12(15)18/h1-2,5,11,16H,3-4,6-7H2,(H2,15,18). The lowest BCUT2D eigenvalue weighted by atomic mass is 10.1. The number of halogens is 2. The summed E-state index contributed by atoms with van der Waals surface area (Å²) < 4.78 is 26.3. The van der Waals surface area contributed by atoms with Crippen molar-refractivity contribution >= 4 is 5.91 Å². The van der Waals surface area contributed by atoms with E-state index in [2.05, 4.69) is 5.32 Å². The Labute approximate surface area is 104 Å². The molecule has 0 aromatic heterocycles. The van der Waals surface area contributed by atoms with Gasteiger partial charge in [0.05, 0.1) is 0 Å². The molecule has 98 valence electrons. The maximum Gasteiger partial charge on any atom is 0.236 e. The molecular weight excluding hydrogens is 240 g/mol. The number of nitrogens with two attached hydrogens (primary N) is 1. The Morgan fingerprint density at radius 3 is 2.94 bits per heavy atom. The summed E-state index contributed by atoms with van der Waals surface area (Å²) in [5.41, 5.74) is 5.66. The van der Waals surface area contributed by atoms with E-state index in [9.17, 15) is 13.6 Å². The summed E-state index contributed by atoms with van der Waals surface area (Å²) >= 11 is 0. The predicted molar refractivity (Wildman–Crippen MR) is 62.6 cm³/mol. The highest BCUT2D eigenvalue weighted by Gasteiger charge is 2.27. The Hall–Kier alpha value is -1.53. The zero-order valence-electron chi connectivity index (χ0n) is 9.83. The molecule has 4 nitrogen and oxygen atoms in total. The normalized spacial score (nSPS) is 20.9. The second-order valence-electron chi connectivity index (χ2n) is 4.33. The van der Waals surface area contributed by atoms with Crippen molar-refractivity contribution in [1.29, 1.82) is 0 Å². The number of piperazine rings is 1. The smallest absolute Gasteiger partial charge is 0.236 e. The lowest BCUT2D eigenvalue weighted by molar-refractivity contribution is -0.124. The van der Waals surface area contributed by atoms with Gasteiger partial charge in [-0.2, -0.15) is 0 Å². The second-order valence-corrected chi connectivity index (χ2v) is 4.33. The van der Waals surface area contributed by atoms with Crippen molar-refractivity contribution in [2.24, 2.45) is 5.73 Å². The maximum absolute atomic E-state index is 13.5. The number of nitrogens with zero attached hydrogens (tertiary/aromatic N) is 1. The minimum absolute atomic E-state index is 0.251. The molecule has 0 aliphatic carbocycles. The first-order valence-electron chi connectivity index (χ1n) is 5.76. The van der Waals surface area contributed by atoms with Crippen molar-refractivity contribution in [2.45, 2.75) is 12.6 Å². The summed E-state index contributed by atoms with van der Waals surface area (Å²) in [6.45, 7) is 2.02. The molecule has 1 atom stereocenters. The van der Waals surface area contributed by atoms with E-state index in [0.717, 1.165) is 6.07 Å². The number of benzene rings is 1. The summed E-state index contributed by atoms with van der Waals surface area (Å²) in [4.78, 5) is 13.1. The topological polar surface area (TPSA) is 58.4 Å². The van der Waals surface area contributed by atoms with Crippen LogP contribution in [0.2, 0.25) is 0 Å². The molecule has 6 heteroatoms. The number of nitrogens with one attached hydrogen (secondary N) is 1. The van der Waals surface area contributed by atoms with E-state index in [4.69, 9.17) is 5.73 Å². The lowest BCUT2D eigenvalue weighted by Crippen LogP contribution is -2.56. The second kappa shape index (κ2) is 5.41. The number of carbonyl (C=O) groups is 1. The third kappa shape index (κ3) is 2.83. The molecule has 0 spiro atoms. The van der Waals surface area contributed by atoms with Gasteiger partial charge in [0.25, 0.3) is 0 Å². The van der Waals surface area contributed by atoms with Gasteiger partial charge in [0.15, 0.2) is 0 Å². The largest absolute Gasteiger partial charge is 0.368 e. The molecule has 0 saturated carbocycles. The number of carbonyl (C=O) groups excluding carboxylic acids is 1. The molecule has 3 N–H and O–H groups in total. The van der Waals surface area contributed by atoms with Gasteiger partial charge in [-0.25, -0.2) is 8.78 Å². The molecule has 18 heavy (non-hydrogen) atoms. The Bertz CT molecular complexity index is 453. The minimum Gasteiger partial charge on any atom is -0.368 e. The third-order valence-electron chi connectivity index (χ3n) is 3.07. The van der Waals surface area contributed by atoms with Crippen LogP contribution in [0.5, 0.6) is 0 Å². The number of hydrogen-bond acceptors (Lipinski definition) is 3. The van der Waals surface area contributed by atoms with E-state index in [1.165, 1.54) is 12.1 Å². The summed E-state index contributed by atoms with van der Waals surface area (Å²) in [7, 11) is 0. The van der Waals surface area contributed by atoms with Crippen LogP contribution in [-0.4, -0.2) is 36.5 Å². The van der Waals surface area contributed by atoms with Crippen LogP contribution in [-0.2, 0) is 11.3 Å². The number of amides is 1. The predicted octanol–water partition coefficient (Wildman–Crippen LogP) is 0.224. The molecule has 1 aromatic rings. The molecule has 1 aliphatic rings. The van der Waals surface area contributed by atoms with Gasteiger partial charge in [0.2, 0.25) is 5.91 Å². The summed E-state index contributed by atoms with van der Waals surface area (Å²) in [5.74, 6) is -1.65. The fourth-order valence-corrected chi connectivity index (χ4v) is 2.08. The molecule has 2 rings (SSSR count). The molecular formula is C12H15F2N3O. The van der Waals surface area contributed by atoms with Crippen molar-refractivity contribution < 1.29 is 13.6 Å². The van der Waals surface area contributed by atoms with Gasteiger partial charge in [-0.1, -0.05) is 6.07 Å². The highest BCUT2D eigenvalue weighted by Crippen LogP contribution is 2.14. The minimum atomic E-state index is -0.608. The van der Waals surface area contributed by atoms with Crippen molar-refractivity contribution in [3.05, 3.63) is 35.4 Å². The zero-order valence-corrected chi connectivity index (χ0v) is 9.83. The van der Waals surface area contributed by atoms with Gasteiger partial charge in [-0.3, -0.25) is 9.69 Å². The van der Waals surface area contributed by atoms with Crippen LogP contribution in [0.15, 0.2) is 18.2 Å². The number of hydrogen-bond donors (Lipinski definition) is 2. The van der Waals surface area contributed by atoms with Crippen molar-refractivity contribution in [2.75, 3.05) is 19.6 Å². The van der Waals surface area contributed by atoms with Gasteiger partial charge in [0.1, 0.15) is 17.7 Å². The average Bonchev–Trinajstić information content (AvgIpc) is 2.33. The Morgan fingerprint density at radius 1 is 1.50 bits per heavy atom. The van der Waals surface area contributed by atoms with Crippen LogP contribution < -0.4 is 11.1 Å². The van der Waals surface area contributed by atoms with Crippen LogP contribution in [0.1, 0.15) is 5.56 Å². The molecule has 1 heterocycles. The van der Waals surface area contributed by atoms with Crippen LogP contribution in [0.25, 0.3) is 0 Å². The van der Waals surface area contributed by atoms with E-state index in [0.29, 0.717) is 25.2 Å². The lowest BCUT2D eigenvalue weighted by Gasteiger charge is -2.34. The molecule has 1 aromatic carbocycles. The average molecular weight is 255 g/mol. The van der Waals surface area contributed by atoms with E-state index < -0.39 is 23.6 Å². The van der Waals surface area contributed by atoms with Crippen LogP contribution in [0.4, 0.5) is 8.78 Å². The van der Waals surface area contributed by atoms with E-state index in [1.54, 1.807) is 4.90 Å². The third-order valence-corrected chi connectivity index (χ3v) is 3.07. The van der Waals surface area contributed by atoms with Crippen LogP contribution >= 0.6 is 0 Å². The number of rotatable bonds is 3. The quantitative estimate of drug-likeness (QED) is 0.812. The Morgan fingerprint density at radius 2 is 2.28 bits per heavy atom. The molecule has 0 bridgehead atoms. The van der Waals surface area contributed by atoms with E-state index >= 15 is 0 Å². The molecule has 0 radical (unpaired) electrons. The van der Waals surface area contributed by atoms with E-state index in [1.807, 2.05) is 0 Å². The fourth-order valence-electron chi connectivity index (χ4n) is 2.08. The first-order chi connectivity index (χ1) is 8.58. The van der Waals surface area contributed by atoms with Crippen molar-refractivity contribution in [3.63, 3.8) is 0 Å². The summed E-state index contributed by atoms with van der Waals surface area (Å²) in [6, 6.07) is 2.99. The Balaban J connectivity index is 2.13. The van der Waals surface area contributed by atoms with Gasteiger partial charge >= 0.3 is 0 Å². The molecule has 1 unspecified atom stereocenters. The summed E-state index contributed by atoms with van der Waals surface area (Å²) in [5, 5.41) is 3.06. The highest BCUT2D eigenvalue weighted by molar-refractivity contribution is 5.80. The molecule has 1 amide bonds. The molecule has 1 saturated heterocycles. The Kier molecular flexibility index (Phi) is 3.88. The monoisotopic (exact) mass is 255 g/mol. The van der Waals surface area contributed by atoms with Gasteiger partial charge < -0.3 is 11.1 Å². The van der Waals surface area contributed by atoms with Gasteiger partial charge in [-0.05, 0) is 6.07 Å². The first-order valence-corrected chi connectivity index (χ1v) is 5.76. The molecule has 1 fully saturated rings. The van der Waals surface area contributed by atoms with Crippen molar-refractivity contribution in [3.8, 4) is 0 Å². The summed E-state index contributed by atoms with van der Waals surface area (Å²) in [6.07, 6.45) is 0. The first kappa shape index (κ1) is 12.9. The van der Waals surface area contributed by atoms with Crippen molar-refractivity contribution in [1.82, 2.24) is 10.2 Å². The van der Waals surface area contributed by atoms with E-state index in [-0.39, 0.29) is 6.54 Å². The number of primary amides is 1. The van der Waals surface area contributed by atoms with Gasteiger partial charge in [-0.15, -0.1) is 0 Å². The van der Waals surface area contributed by atoms with Crippen LogP contribution in [0, 0.1) is 11.6 Å². The zero-order chi connectivity index (χ0) is 13.1. The highest BCUT2D eigenvalue weighted by atomic mass is 19.1. The fraction of sp³-hybridized carbons (Fsp3) is 0.417. The van der Waals surface area contributed by atoms with Crippen LogP contribution in [0.3, 0.4) is 0 Å². The molecule has 1 aliphatic heterocycles. The SMILES string of the molecule is NC(=O)C1CNCCN1Cc1ccc(F)cc1F. The maximum atomic E-state index is 13.5.